The van der Waals surface area contributed by atoms with E-state index in [2.05, 4.69) is 15.9 Å². The average Bonchev–Trinajstić information content (AvgIpc) is 2.55. The molecule has 0 aliphatic carbocycles. The number of hydrogen-bond donors (Lipinski definition) is 1. The smallest absolute Gasteiger partial charge is 0.243 e. The number of aliphatic hydroxyl groups is 1. The van der Waals surface area contributed by atoms with Gasteiger partial charge in [0.1, 0.15) is 0 Å². The molecule has 6 heteroatoms. The molecule has 0 saturated heterocycles. The van der Waals surface area contributed by atoms with Gasteiger partial charge < -0.3 is 5.11 Å². The zero-order valence-corrected chi connectivity index (χ0v) is 15.3. The number of benzene rings is 2. The maximum absolute atomic E-state index is 13.0. The molecular formula is C17H20BrNO3S. The van der Waals surface area contributed by atoms with Crippen LogP contribution in [0.4, 0.5) is 0 Å². The van der Waals surface area contributed by atoms with Gasteiger partial charge in [0.25, 0.3) is 0 Å². The molecule has 2 aromatic carbocycles. The lowest BCUT2D eigenvalue weighted by Crippen LogP contribution is -2.33. The fraction of sp³-hybridized carbons (Fsp3) is 0.294. The molecule has 2 rings (SSSR count). The number of nitrogens with zero attached hydrogens (tertiary/aromatic N) is 1. The highest BCUT2D eigenvalue weighted by Gasteiger charge is 2.26. The van der Waals surface area contributed by atoms with Crippen molar-refractivity contribution in [1.29, 1.82) is 0 Å². The van der Waals surface area contributed by atoms with Crippen LogP contribution < -0.4 is 0 Å². The lowest BCUT2D eigenvalue weighted by Gasteiger charge is -2.23. The van der Waals surface area contributed by atoms with Crippen LogP contribution >= 0.6 is 15.9 Å². The number of hydrogen-bond acceptors (Lipinski definition) is 3. The SMILES string of the molecule is CCc1cc(Br)ccc1S(=O)(=O)N(CCO)Cc1ccccc1. The molecular weight excluding hydrogens is 378 g/mol. The lowest BCUT2D eigenvalue weighted by atomic mass is 10.2. The van der Waals surface area contributed by atoms with E-state index in [0.717, 1.165) is 15.6 Å². The molecule has 0 aliphatic rings. The van der Waals surface area contributed by atoms with Crippen molar-refractivity contribution in [2.75, 3.05) is 13.2 Å². The second-order valence-electron chi connectivity index (χ2n) is 5.15. The highest BCUT2D eigenvalue weighted by Crippen LogP contribution is 2.25. The summed E-state index contributed by atoms with van der Waals surface area (Å²) in [5.41, 5.74) is 1.65. The van der Waals surface area contributed by atoms with E-state index in [1.54, 1.807) is 12.1 Å². The Morgan fingerprint density at radius 3 is 2.43 bits per heavy atom. The minimum absolute atomic E-state index is 0.0659. The molecule has 23 heavy (non-hydrogen) atoms. The minimum Gasteiger partial charge on any atom is -0.395 e. The summed E-state index contributed by atoms with van der Waals surface area (Å²) in [5, 5.41) is 9.28. The molecule has 0 spiro atoms. The topological polar surface area (TPSA) is 57.6 Å². The maximum Gasteiger partial charge on any atom is 0.243 e. The summed E-state index contributed by atoms with van der Waals surface area (Å²) in [5.74, 6) is 0. The number of aryl methyl sites for hydroxylation is 1. The quantitative estimate of drug-likeness (QED) is 0.780. The maximum atomic E-state index is 13.0. The molecule has 124 valence electrons. The first kappa shape index (κ1) is 18.1. The van der Waals surface area contributed by atoms with Crippen molar-refractivity contribution < 1.29 is 13.5 Å². The van der Waals surface area contributed by atoms with Crippen LogP contribution in [-0.2, 0) is 23.0 Å². The molecule has 4 nitrogen and oxygen atoms in total. The Bertz CT molecular complexity index is 748. The summed E-state index contributed by atoms with van der Waals surface area (Å²) >= 11 is 3.38. The van der Waals surface area contributed by atoms with Crippen LogP contribution in [-0.4, -0.2) is 31.0 Å². The van der Waals surface area contributed by atoms with Crippen molar-refractivity contribution in [3.63, 3.8) is 0 Å². The van der Waals surface area contributed by atoms with Gasteiger partial charge in [-0.1, -0.05) is 53.2 Å². The van der Waals surface area contributed by atoms with Crippen LogP contribution in [0, 0.1) is 0 Å². The third-order valence-electron chi connectivity index (χ3n) is 3.57. The van der Waals surface area contributed by atoms with Crippen LogP contribution in [0.5, 0.6) is 0 Å². The predicted octanol–water partition coefficient (Wildman–Crippen LogP) is 3.19. The molecule has 1 N–H and O–H groups in total. The summed E-state index contributed by atoms with van der Waals surface area (Å²) in [7, 11) is -3.67. The van der Waals surface area contributed by atoms with Gasteiger partial charge in [0.2, 0.25) is 10.0 Å². The van der Waals surface area contributed by atoms with E-state index in [1.807, 2.05) is 43.3 Å². The van der Waals surface area contributed by atoms with Gasteiger partial charge in [0, 0.05) is 17.6 Å². The van der Waals surface area contributed by atoms with Crippen molar-refractivity contribution >= 4 is 26.0 Å². The molecule has 0 amide bonds. The van der Waals surface area contributed by atoms with Gasteiger partial charge in [-0.2, -0.15) is 4.31 Å². The van der Waals surface area contributed by atoms with Crippen LogP contribution in [0.2, 0.25) is 0 Å². The largest absolute Gasteiger partial charge is 0.395 e. The summed E-state index contributed by atoms with van der Waals surface area (Å²) in [4.78, 5) is 0.299. The predicted molar refractivity (Wildman–Crippen MR) is 94.6 cm³/mol. The van der Waals surface area contributed by atoms with E-state index in [1.165, 1.54) is 4.31 Å². The standard InChI is InChI=1S/C17H20BrNO3S/c1-2-15-12-16(18)8-9-17(15)23(21,22)19(10-11-20)13-14-6-4-3-5-7-14/h3-9,12,20H,2,10-11,13H2,1H3. The van der Waals surface area contributed by atoms with E-state index in [0.29, 0.717) is 11.3 Å². The van der Waals surface area contributed by atoms with Gasteiger partial charge in [-0.15, -0.1) is 0 Å². The molecule has 0 atom stereocenters. The van der Waals surface area contributed by atoms with Crippen molar-refractivity contribution in [1.82, 2.24) is 4.31 Å². The van der Waals surface area contributed by atoms with Crippen LogP contribution in [0.1, 0.15) is 18.1 Å². The Labute approximate surface area is 145 Å². The molecule has 0 radical (unpaired) electrons. The highest BCUT2D eigenvalue weighted by molar-refractivity contribution is 9.10. The van der Waals surface area contributed by atoms with Gasteiger partial charge in [0.15, 0.2) is 0 Å². The van der Waals surface area contributed by atoms with E-state index >= 15 is 0 Å². The van der Waals surface area contributed by atoms with Gasteiger partial charge in [0.05, 0.1) is 11.5 Å². The Morgan fingerprint density at radius 2 is 1.83 bits per heavy atom. The first-order valence-corrected chi connectivity index (χ1v) is 9.65. The molecule has 0 unspecified atom stereocenters. The van der Waals surface area contributed by atoms with Gasteiger partial charge >= 0.3 is 0 Å². The number of sulfonamides is 1. The second-order valence-corrected chi connectivity index (χ2v) is 7.98. The van der Waals surface area contributed by atoms with Crippen molar-refractivity contribution in [2.24, 2.45) is 0 Å². The van der Waals surface area contributed by atoms with Crippen LogP contribution in [0.15, 0.2) is 57.9 Å². The molecule has 0 aromatic heterocycles. The monoisotopic (exact) mass is 397 g/mol. The zero-order chi connectivity index (χ0) is 16.9. The molecule has 0 heterocycles. The van der Waals surface area contributed by atoms with E-state index < -0.39 is 10.0 Å². The van der Waals surface area contributed by atoms with Gasteiger partial charge in [-0.25, -0.2) is 8.42 Å². The van der Waals surface area contributed by atoms with Gasteiger partial charge in [-0.05, 0) is 35.7 Å². The van der Waals surface area contributed by atoms with Crippen molar-refractivity contribution in [3.05, 3.63) is 64.1 Å². The van der Waals surface area contributed by atoms with Crippen molar-refractivity contribution in [3.8, 4) is 0 Å². The van der Waals surface area contributed by atoms with Gasteiger partial charge in [-0.3, -0.25) is 0 Å². The Kier molecular flexibility index (Phi) is 6.35. The van der Waals surface area contributed by atoms with E-state index in [9.17, 15) is 13.5 Å². The Morgan fingerprint density at radius 1 is 1.13 bits per heavy atom. The fourth-order valence-electron chi connectivity index (χ4n) is 2.40. The zero-order valence-electron chi connectivity index (χ0n) is 12.9. The van der Waals surface area contributed by atoms with Crippen molar-refractivity contribution in [2.45, 2.75) is 24.8 Å². The lowest BCUT2D eigenvalue weighted by molar-refractivity contribution is 0.251. The number of halogens is 1. The van der Waals surface area contributed by atoms with E-state index in [4.69, 9.17) is 0 Å². The summed E-state index contributed by atoms with van der Waals surface area (Å²) < 4.78 is 28.2. The number of rotatable bonds is 7. The normalized spacial score (nSPS) is 11.8. The third-order valence-corrected chi connectivity index (χ3v) is 6.01. The number of aliphatic hydroxyl groups excluding tert-OH is 1. The highest BCUT2D eigenvalue weighted by atomic mass is 79.9. The fourth-order valence-corrected chi connectivity index (χ4v) is 4.50. The second kappa shape index (κ2) is 8.06. The molecule has 0 fully saturated rings. The molecule has 0 aliphatic heterocycles. The molecule has 0 bridgehead atoms. The minimum atomic E-state index is -3.67. The summed E-state index contributed by atoms with van der Waals surface area (Å²) in [6.45, 7) is 2.01. The van der Waals surface area contributed by atoms with Crippen LogP contribution in [0.25, 0.3) is 0 Å². The Balaban J connectivity index is 2.41. The first-order valence-electron chi connectivity index (χ1n) is 7.42. The van der Waals surface area contributed by atoms with Crippen LogP contribution in [0.3, 0.4) is 0 Å². The summed E-state index contributed by atoms with van der Waals surface area (Å²) in [6.07, 6.45) is 0.617. The third kappa shape index (κ3) is 4.41. The molecule has 2 aromatic rings. The first-order chi connectivity index (χ1) is 11.0. The Hall–Kier alpha value is -1.21. The molecule has 0 saturated carbocycles. The average molecular weight is 398 g/mol. The summed E-state index contributed by atoms with van der Waals surface area (Å²) in [6, 6.07) is 14.6. The van der Waals surface area contributed by atoms with E-state index in [-0.39, 0.29) is 19.7 Å².